The van der Waals surface area contributed by atoms with Crippen LogP contribution < -0.4 is 0 Å². The number of alkyl halides is 1. The largest absolute Gasteiger partial charge is 0.242 e. The highest BCUT2D eigenvalue weighted by atomic mass is 79.9. The monoisotopic (exact) mass is 242 g/mol. The topological polar surface area (TPSA) is 25.8 Å². The Labute approximate surface area is 87.9 Å². The van der Waals surface area contributed by atoms with Crippen molar-refractivity contribution in [2.75, 3.05) is 0 Å². The summed E-state index contributed by atoms with van der Waals surface area (Å²) in [5.41, 5.74) is 1.14. The van der Waals surface area contributed by atoms with Gasteiger partial charge in [0.1, 0.15) is 5.82 Å². The molecular weight excluding hydrogens is 228 g/mol. The second-order valence-corrected chi connectivity index (χ2v) is 4.67. The van der Waals surface area contributed by atoms with Gasteiger partial charge in [0.25, 0.3) is 0 Å². The van der Waals surface area contributed by atoms with Gasteiger partial charge in [-0.2, -0.15) is 0 Å². The van der Waals surface area contributed by atoms with Crippen molar-refractivity contribution in [3.63, 3.8) is 0 Å². The minimum absolute atomic E-state index is 0.465. The first-order chi connectivity index (χ1) is 6.15. The molecule has 0 saturated heterocycles. The van der Waals surface area contributed by atoms with E-state index < -0.39 is 0 Å². The van der Waals surface area contributed by atoms with Crippen LogP contribution in [0.25, 0.3) is 0 Å². The van der Waals surface area contributed by atoms with Gasteiger partial charge in [-0.3, -0.25) is 0 Å². The summed E-state index contributed by atoms with van der Waals surface area (Å²) in [6.45, 7) is 6.26. The SMILES string of the molecule is CCC(c1ccnc(C)n1)C(C)Br. The van der Waals surface area contributed by atoms with Crippen molar-refractivity contribution in [2.24, 2.45) is 0 Å². The number of aryl methyl sites for hydroxylation is 1. The van der Waals surface area contributed by atoms with Crippen LogP contribution in [0.4, 0.5) is 0 Å². The van der Waals surface area contributed by atoms with Crippen LogP contribution in [0.1, 0.15) is 37.7 Å². The highest BCUT2D eigenvalue weighted by molar-refractivity contribution is 9.09. The lowest BCUT2D eigenvalue weighted by Gasteiger charge is -2.16. The molecule has 72 valence electrons. The fourth-order valence-corrected chi connectivity index (χ4v) is 2.09. The number of rotatable bonds is 3. The molecule has 1 aromatic rings. The maximum Gasteiger partial charge on any atom is 0.125 e. The van der Waals surface area contributed by atoms with Crippen LogP contribution in [-0.2, 0) is 0 Å². The van der Waals surface area contributed by atoms with E-state index in [0.29, 0.717) is 10.7 Å². The van der Waals surface area contributed by atoms with Gasteiger partial charge in [-0.15, -0.1) is 0 Å². The summed E-state index contributed by atoms with van der Waals surface area (Å²) in [5.74, 6) is 1.34. The van der Waals surface area contributed by atoms with Crippen LogP contribution in [0.5, 0.6) is 0 Å². The van der Waals surface area contributed by atoms with Crippen molar-refractivity contribution in [3.05, 3.63) is 23.8 Å². The van der Waals surface area contributed by atoms with E-state index in [1.54, 1.807) is 0 Å². The summed E-state index contributed by atoms with van der Waals surface area (Å²) in [6.07, 6.45) is 2.93. The third-order valence-electron chi connectivity index (χ3n) is 2.17. The second-order valence-electron chi connectivity index (χ2n) is 3.22. The summed E-state index contributed by atoms with van der Waals surface area (Å²) in [7, 11) is 0. The molecule has 1 rings (SSSR count). The van der Waals surface area contributed by atoms with Gasteiger partial charge in [-0.05, 0) is 19.4 Å². The number of halogens is 1. The number of aromatic nitrogens is 2. The summed E-state index contributed by atoms with van der Waals surface area (Å²) >= 11 is 3.60. The average molecular weight is 243 g/mol. The zero-order valence-electron chi connectivity index (χ0n) is 8.29. The van der Waals surface area contributed by atoms with Crippen LogP contribution in [-0.4, -0.2) is 14.8 Å². The van der Waals surface area contributed by atoms with Crippen molar-refractivity contribution in [3.8, 4) is 0 Å². The lowest BCUT2D eigenvalue weighted by Crippen LogP contribution is -2.10. The fourth-order valence-electron chi connectivity index (χ4n) is 1.45. The third kappa shape index (κ3) is 2.76. The van der Waals surface area contributed by atoms with E-state index in [0.717, 1.165) is 17.9 Å². The lowest BCUT2D eigenvalue weighted by molar-refractivity contribution is 0.638. The summed E-state index contributed by atoms with van der Waals surface area (Å²) in [5, 5.41) is 0. The molecule has 1 aromatic heterocycles. The van der Waals surface area contributed by atoms with Crippen LogP contribution in [0.3, 0.4) is 0 Å². The maximum atomic E-state index is 4.42. The minimum atomic E-state index is 0.465. The lowest BCUT2D eigenvalue weighted by atomic mass is 9.99. The van der Waals surface area contributed by atoms with Gasteiger partial charge in [-0.25, -0.2) is 9.97 Å². The van der Waals surface area contributed by atoms with Crippen molar-refractivity contribution in [1.82, 2.24) is 9.97 Å². The molecule has 0 radical (unpaired) electrons. The van der Waals surface area contributed by atoms with Gasteiger partial charge >= 0.3 is 0 Å². The highest BCUT2D eigenvalue weighted by Crippen LogP contribution is 2.26. The molecule has 1 heterocycles. The van der Waals surface area contributed by atoms with E-state index in [4.69, 9.17) is 0 Å². The Morgan fingerprint density at radius 1 is 1.54 bits per heavy atom. The summed E-state index contributed by atoms with van der Waals surface area (Å²) in [4.78, 5) is 8.98. The summed E-state index contributed by atoms with van der Waals surface area (Å²) in [6, 6.07) is 2.00. The van der Waals surface area contributed by atoms with E-state index >= 15 is 0 Å². The maximum absolute atomic E-state index is 4.42. The Morgan fingerprint density at radius 2 is 2.23 bits per heavy atom. The molecule has 0 aliphatic heterocycles. The number of hydrogen-bond donors (Lipinski definition) is 0. The van der Waals surface area contributed by atoms with Crippen LogP contribution in [0.2, 0.25) is 0 Å². The molecule has 0 spiro atoms. The van der Waals surface area contributed by atoms with Gasteiger partial charge in [0.05, 0.1) is 0 Å². The second kappa shape index (κ2) is 4.70. The Hall–Kier alpha value is -0.440. The predicted octanol–water partition coefficient (Wildman–Crippen LogP) is 3.06. The van der Waals surface area contributed by atoms with Gasteiger partial charge < -0.3 is 0 Å². The van der Waals surface area contributed by atoms with E-state index in [-0.39, 0.29) is 0 Å². The Kier molecular flexibility index (Phi) is 3.85. The van der Waals surface area contributed by atoms with Crippen molar-refractivity contribution >= 4 is 15.9 Å². The predicted molar refractivity (Wildman–Crippen MR) is 58.2 cm³/mol. The molecular formula is C10H15BrN2. The zero-order valence-corrected chi connectivity index (χ0v) is 9.87. The standard InChI is InChI=1S/C10H15BrN2/c1-4-9(7(2)11)10-5-6-12-8(3)13-10/h5-7,9H,4H2,1-3H3. The molecule has 2 atom stereocenters. The van der Waals surface area contributed by atoms with E-state index in [1.807, 2.05) is 19.2 Å². The zero-order chi connectivity index (χ0) is 9.84. The highest BCUT2D eigenvalue weighted by Gasteiger charge is 2.16. The first-order valence-electron chi connectivity index (χ1n) is 4.58. The van der Waals surface area contributed by atoms with Crippen molar-refractivity contribution < 1.29 is 0 Å². The molecule has 0 aliphatic rings. The smallest absolute Gasteiger partial charge is 0.125 e. The molecule has 0 aliphatic carbocycles. The van der Waals surface area contributed by atoms with E-state index in [2.05, 4.69) is 39.7 Å². The fraction of sp³-hybridized carbons (Fsp3) is 0.600. The van der Waals surface area contributed by atoms with E-state index in [9.17, 15) is 0 Å². The quantitative estimate of drug-likeness (QED) is 0.762. The average Bonchev–Trinajstić information content (AvgIpc) is 2.04. The molecule has 0 saturated carbocycles. The molecule has 13 heavy (non-hydrogen) atoms. The molecule has 2 unspecified atom stereocenters. The molecule has 3 heteroatoms. The Balaban J connectivity index is 2.91. The van der Waals surface area contributed by atoms with Crippen LogP contribution in [0.15, 0.2) is 12.3 Å². The van der Waals surface area contributed by atoms with Crippen LogP contribution in [0, 0.1) is 6.92 Å². The molecule has 0 aromatic carbocycles. The first kappa shape index (κ1) is 10.6. The normalized spacial score (nSPS) is 15.4. The van der Waals surface area contributed by atoms with Crippen LogP contribution >= 0.6 is 15.9 Å². The van der Waals surface area contributed by atoms with Crippen molar-refractivity contribution in [2.45, 2.75) is 37.9 Å². The number of hydrogen-bond acceptors (Lipinski definition) is 2. The van der Waals surface area contributed by atoms with Gasteiger partial charge in [0.15, 0.2) is 0 Å². The third-order valence-corrected chi connectivity index (χ3v) is 2.81. The van der Waals surface area contributed by atoms with E-state index in [1.165, 1.54) is 0 Å². The first-order valence-corrected chi connectivity index (χ1v) is 5.50. The van der Waals surface area contributed by atoms with Crippen molar-refractivity contribution in [1.29, 1.82) is 0 Å². The van der Waals surface area contributed by atoms with Gasteiger partial charge in [0, 0.05) is 22.6 Å². The van der Waals surface area contributed by atoms with Gasteiger partial charge in [0.2, 0.25) is 0 Å². The minimum Gasteiger partial charge on any atom is -0.242 e. The Bertz CT molecular complexity index is 273. The summed E-state index contributed by atoms with van der Waals surface area (Å²) < 4.78 is 0. The molecule has 0 bridgehead atoms. The molecule has 0 fully saturated rings. The number of nitrogens with zero attached hydrogens (tertiary/aromatic N) is 2. The Morgan fingerprint density at radius 3 is 2.69 bits per heavy atom. The molecule has 0 N–H and O–H groups in total. The molecule has 2 nitrogen and oxygen atoms in total. The molecule has 0 amide bonds. The van der Waals surface area contributed by atoms with Gasteiger partial charge in [-0.1, -0.05) is 29.8 Å².